The highest BCUT2D eigenvalue weighted by Gasteiger charge is 2.24. The van der Waals surface area contributed by atoms with Crippen LogP contribution in [0.1, 0.15) is 43.7 Å². The summed E-state index contributed by atoms with van der Waals surface area (Å²) in [4.78, 5) is 18.5. The molecule has 2 aromatic rings. The molecular formula is C22H35IN6O3. The Hall–Kier alpha value is -2.24. The number of rotatable bonds is 8. The Morgan fingerprint density at radius 2 is 2.12 bits per heavy atom. The quantitative estimate of drug-likeness (QED) is 0.294. The third kappa shape index (κ3) is 7.72. The van der Waals surface area contributed by atoms with Gasteiger partial charge in [-0.2, -0.15) is 5.10 Å². The highest BCUT2D eigenvalue weighted by atomic mass is 127. The molecule has 0 aliphatic carbocycles. The van der Waals surface area contributed by atoms with Crippen molar-refractivity contribution >= 4 is 36.0 Å². The van der Waals surface area contributed by atoms with Gasteiger partial charge in [0.1, 0.15) is 5.76 Å². The van der Waals surface area contributed by atoms with Crippen LogP contribution in [0.5, 0.6) is 0 Å². The molecule has 1 aliphatic heterocycles. The summed E-state index contributed by atoms with van der Waals surface area (Å²) in [5.41, 5.74) is 2.21. The fourth-order valence-electron chi connectivity index (χ4n) is 3.70. The maximum absolute atomic E-state index is 11.9. The number of halogens is 1. The molecule has 10 heteroatoms. The molecule has 3 heterocycles. The molecule has 0 aromatic carbocycles. The zero-order chi connectivity index (χ0) is 22.1. The highest BCUT2D eigenvalue weighted by Crippen LogP contribution is 2.12. The summed E-state index contributed by atoms with van der Waals surface area (Å²) in [6.45, 7) is 6.98. The minimum atomic E-state index is -0.227. The van der Waals surface area contributed by atoms with Gasteiger partial charge in [-0.15, -0.1) is 24.0 Å². The zero-order valence-electron chi connectivity index (χ0n) is 19.2. The number of carbonyl (C=O) groups is 1. The van der Waals surface area contributed by atoms with Gasteiger partial charge in [0, 0.05) is 50.9 Å². The molecule has 1 fully saturated rings. The SMILES string of the molecule is CCOC(=O)N1CCC(NC(=NCc2cn(C)nc2CC)NCCc2ccco2)CC1.I. The van der Waals surface area contributed by atoms with Crippen molar-refractivity contribution in [3.63, 3.8) is 0 Å². The van der Waals surface area contributed by atoms with Crippen molar-refractivity contribution in [2.75, 3.05) is 26.2 Å². The van der Waals surface area contributed by atoms with Crippen LogP contribution in [0.4, 0.5) is 4.79 Å². The number of furan rings is 1. The Bertz CT molecular complexity index is 844. The normalized spacial score (nSPS) is 14.7. The number of nitrogens with zero attached hydrogens (tertiary/aromatic N) is 4. The molecule has 0 bridgehead atoms. The van der Waals surface area contributed by atoms with Gasteiger partial charge < -0.3 is 24.7 Å². The Labute approximate surface area is 207 Å². The molecule has 0 saturated carbocycles. The number of aryl methyl sites for hydroxylation is 2. The number of hydrogen-bond donors (Lipinski definition) is 2. The molecule has 0 atom stereocenters. The van der Waals surface area contributed by atoms with Gasteiger partial charge in [0.25, 0.3) is 0 Å². The van der Waals surface area contributed by atoms with Crippen LogP contribution in [-0.4, -0.2) is 59.0 Å². The largest absolute Gasteiger partial charge is 0.469 e. The maximum atomic E-state index is 11.9. The first-order valence-electron chi connectivity index (χ1n) is 11.1. The third-order valence-electron chi connectivity index (χ3n) is 5.34. The molecule has 1 aliphatic rings. The molecule has 3 rings (SSSR count). The Balaban J connectivity index is 0.00000363. The number of likely N-dealkylation sites (tertiary alicyclic amines) is 1. The smallest absolute Gasteiger partial charge is 0.409 e. The van der Waals surface area contributed by atoms with Gasteiger partial charge in [0.15, 0.2) is 5.96 Å². The molecule has 0 radical (unpaired) electrons. The molecule has 2 aromatic heterocycles. The molecule has 0 spiro atoms. The standard InChI is InChI=1S/C22H34N6O3.HI/c1-4-20-17(16-27(3)26-20)15-24-21(23-11-8-19-7-6-14-31-19)25-18-9-12-28(13-10-18)22(29)30-5-2;/h6-7,14,16,18H,4-5,8-13,15H2,1-3H3,(H2,23,24,25);1H. The van der Waals surface area contributed by atoms with Crippen molar-refractivity contribution in [2.45, 2.75) is 52.1 Å². The molecule has 2 N–H and O–H groups in total. The van der Waals surface area contributed by atoms with E-state index < -0.39 is 0 Å². The average molecular weight is 558 g/mol. The Morgan fingerprint density at radius 1 is 1.34 bits per heavy atom. The van der Waals surface area contributed by atoms with Crippen LogP contribution < -0.4 is 10.6 Å². The minimum Gasteiger partial charge on any atom is -0.469 e. The summed E-state index contributed by atoms with van der Waals surface area (Å²) in [5, 5.41) is 11.5. The molecule has 9 nitrogen and oxygen atoms in total. The second-order valence-electron chi connectivity index (χ2n) is 7.65. The van der Waals surface area contributed by atoms with Crippen LogP contribution in [0.15, 0.2) is 34.0 Å². The van der Waals surface area contributed by atoms with E-state index in [1.54, 1.807) is 11.2 Å². The fraction of sp³-hybridized carbons (Fsp3) is 0.591. The van der Waals surface area contributed by atoms with Crippen molar-refractivity contribution in [2.24, 2.45) is 12.0 Å². The lowest BCUT2D eigenvalue weighted by atomic mass is 10.1. The lowest BCUT2D eigenvalue weighted by molar-refractivity contribution is 0.0963. The van der Waals surface area contributed by atoms with E-state index in [9.17, 15) is 4.79 Å². The first-order valence-corrected chi connectivity index (χ1v) is 11.1. The monoisotopic (exact) mass is 558 g/mol. The summed E-state index contributed by atoms with van der Waals surface area (Å²) < 4.78 is 12.4. The lowest BCUT2D eigenvalue weighted by Crippen LogP contribution is -2.50. The minimum absolute atomic E-state index is 0. The molecule has 32 heavy (non-hydrogen) atoms. The van der Waals surface area contributed by atoms with E-state index in [0.717, 1.165) is 48.7 Å². The molecule has 178 valence electrons. The fourth-order valence-corrected chi connectivity index (χ4v) is 3.70. The van der Waals surface area contributed by atoms with E-state index in [0.29, 0.717) is 32.8 Å². The highest BCUT2D eigenvalue weighted by molar-refractivity contribution is 14.0. The van der Waals surface area contributed by atoms with Crippen molar-refractivity contribution in [1.82, 2.24) is 25.3 Å². The van der Waals surface area contributed by atoms with E-state index in [-0.39, 0.29) is 36.1 Å². The maximum Gasteiger partial charge on any atom is 0.409 e. The first-order chi connectivity index (χ1) is 15.1. The summed E-state index contributed by atoms with van der Waals surface area (Å²) in [7, 11) is 1.93. The lowest BCUT2D eigenvalue weighted by Gasteiger charge is -2.32. The second kappa shape index (κ2) is 13.3. The number of piperidine rings is 1. The van der Waals surface area contributed by atoms with Crippen LogP contribution in [0.25, 0.3) is 0 Å². The predicted octanol–water partition coefficient (Wildman–Crippen LogP) is 3.09. The number of amides is 1. The van der Waals surface area contributed by atoms with Crippen LogP contribution >= 0.6 is 24.0 Å². The summed E-state index contributed by atoms with van der Waals surface area (Å²) in [5.74, 6) is 1.71. The van der Waals surface area contributed by atoms with Crippen molar-refractivity contribution in [1.29, 1.82) is 0 Å². The van der Waals surface area contributed by atoms with Gasteiger partial charge in [-0.25, -0.2) is 9.79 Å². The van der Waals surface area contributed by atoms with E-state index in [4.69, 9.17) is 14.1 Å². The van der Waals surface area contributed by atoms with Gasteiger partial charge in [0.05, 0.1) is 25.1 Å². The number of carbonyl (C=O) groups excluding carboxylic acids is 1. The zero-order valence-corrected chi connectivity index (χ0v) is 21.5. The third-order valence-corrected chi connectivity index (χ3v) is 5.34. The van der Waals surface area contributed by atoms with Crippen molar-refractivity contribution in [3.8, 4) is 0 Å². The molecule has 0 unspecified atom stereocenters. The molecule has 1 saturated heterocycles. The summed E-state index contributed by atoms with van der Waals surface area (Å²) in [6, 6.07) is 4.12. The van der Waals surface area contributed by atoms with Gasteiger partial charge in [-0.1, -0.05) is 6.92 Å². The van der Waals surface area contributed by atoms with Crippen LogP contribution in [0.2, 0.25) is 0 Å². The number of aromatic nitrogens is 2. The van der Waals surface area contributed by atoms with E-state index in [2.05, 4.69) is 22.7 Å². The molecule has 1 amide bonds. The van der Waals surface area contributed by atoms with Crippen LogP contribution in [0.3, 0.4) is 0 Å². The second-order valence-corrected chi connectivity index (χ2v) is 7.65. The van der Waals surface area contributed by atoms with Gasteiger partial charge in [0.2, 0.25) is 0 Å². The van der Waals surface area contributed by atoms with Gasteiger partial charge in [-0.05, 0) is 38.3 Å². The Kier molecular flexibility index (Phi) is 10.8. The summed E-state index contributed by atoms with van der Waals surface area (Å²) in [6.07, 6.45) is 6.86. The van der Waals surface area contributed by atoms with Crippen molar-refractivity contribution < 1.29 is 13.9 Å². The van der Waals surface area contributed by atoms with E-state index >= 15 is 0 Å². The van der Waals surface area contributed by atoms with E-state index in [1.807, 2.05) is 37.0 Å². The van der Waals surface area contributed by atoms with E-state index in [1.165, 1.54) is 0 Å². The van der Waals surface area contributed by atoms with Gasteiger partial charge >= 0.3 is 6.09 Å². The van der Waals surface area contributed by atoms with Crippen LogP contribution in [-0.2, 0) is 31.2 Å². The Morgan fingerprint density at radius 3 is 2.78 bits per heavy atom. The topological polar surface area (TPSA) is 96.9 Å². The first kappa shape index (κ1) is 26.0. The van der Waals surface area contributed by atoms with Crippen molar-refractivity contribution in [3.05, 3.63) is 41.6 Å². The number of ether oxygens (including phenoxy) is 1. The predicted molar refractivity (Wildman–Crippen MR) is 134 cm³/mol. The molecular weight excluding hydrogens is 523 g/mol. The number of hydrogen-bond acceptors (Lipinski definition) is 5. The number of nitrogens with one attached hydrogen (secondary N) is 2. The number of guanidine groups is 1. The summed E-state index contributed by atoms with van der Waals surface area (Å²) >= 11 is 0. The average Bonchev–Trinajstić information content (AvgIpc) is 3.41. The van der Waals surface area contributed by atoms with Gasteiger partial charge in [-0.3, -0.25) is 4.68 Å². The number of aliphatic imine (C=N–C) groups is 1. The van der Waals surface area contributed by atoms with Crippen LogP contribution in [0, 0.1) is 0 Å².